The molecule has 3 heterocycles. The number of para-hydroxylation sites is 2. The van der Waals surface area contributed by atoms with Crippen LogP contribution in [0.15, 0.2) is 80.5 Å². The molecule has 0 fully saturated rings. The molecule has 7 heteroatoms. The zero-order valence-electron chi connectivity index (χ0n) is 21.4. The highest BCUT2D eigenvalue weighted by Crippen LogP contribution is 2.48. The van der Waals surface area contributed by atoms with Crippen LogP contribution >= 0.6 is 34.4 Å². The van der Waals surface area contributed by atoms with E-state index in [2.05, 4.69) is 97.0 Å². The lowest BCUT2D eigenvalue weighted by atomic mass is 10.2. The van der Waals surface area contributed by atoms with Crippen LogP contribution < -0.4 is 24.2 Å². The molecule has 0 bridgehead atoms. The first-order valence-electron chi connectivity index (χ1n) is 12.9. The number of benzene rings is 2. The molecular weight excluding hydrogens is 515 g/mol. The van der Waals surface area contributed by atoms with Gasteiger partial charge in [-0.1, -0.05) is 53.4 Å². The predicted octanol–water partition coefficient (Wildman–Crippen LogP) is 5.63. The molecule has 2 aromatic carbocycles. The zero-order chi connectivity index (χ0) is 25.5. The van der Waals surface area contributed by atoms with Crippen LogP contribution in [0.25, 0.3) is 22.4 Å². The Labute approximate surface area is 229 Å². The number of thiazole rings is 2. The Hall–Kier alpha value is -2.87. The van der Waals surface area contributed by atoms with Gasteiger partial charge in [-0.15, -0.1) is 11.3 Å². The molecule has 0 unspecified atom stereocenters. The molecule has 37 heavy (non-hydrogen) atoms. The van der Waals surface area contributed by atoms with Crippen molar-refractivity contribution in [2.24, 2.45) is 0 Å². The monoisotopic (exact) mass is 544 g/mol. The summed E-state index contributed by atoms with van der Waals surface area (Å²) in [5.74, 6) is 0. The van der Waals surface area contributed by atoms with Crippen molar-refractivity contribution in [3.8, 4) is 0 Å². The van der Waals surface area contributed by atoms with E-state index in [0.717, 1.165) is 35.1 Å². The minimum Gasteiger partial charge on any atom is -0.335 e. The van der Waals surface area contributed by atoms with Crippen LogP contribution in [0.3, 0.4) is 0 Å². The number of thioether (sulfide) groups is 1. The fourth-order valence-corrected chi connectivity index (χ4v) is 8.85. The highest BCUT2D eigenvalue weighted by Gasteiger charge is 2.27. The number of nitrogens with zero attached hydrogens (tertiary/aromatic N) is 3. The summed E-state index contributed by atoms with van der Waals surface area (Å²) >= 11 is 5.27. The first kappa shape index (κ1) is 24.5. The van der Waals surface area contributed by atoms with E-state index in [4.69, 9.17) is 0 Å². The zero-order valence-corrected chi connectivity index (χ0v) is 23.8. The van der Waals surface area contributed by atoms with E-state index in [1.807, 2.05) is 16.3 Å². The van der Waals surface area contributed by atoms with Crippen LogP contribution in [0.4, 0.5) is 5.69 Å². The van der Waals surface area contributed by atoms with Crippen molar-refractivity contribution in [2.45, 2.75) is 51.6 Å². The van der Waals surface area contributed by atoms with E-state index < -0.39 is 0 Å². The summed E-state index contributed by atoms with van der Waals surface area (Å²) < 4.78 is 7.36. The van der Waals surface area contributed by atoms with Gasteiger partial charge in [0.05, 0.1) is 21.3 Å². The van der Waals surface area contributed by atoms with Gasteiger partial charge in [0.15, 0.2) is 0 Å². The normalized spacial score (nSPS) is 18.4. The molecule has 188 valence electrons. The van der Waals surface area contributed by atoms with Gasteiger partial charge in [-0.25, -0.2) is 0 Å². The minimum absolute atomic E-state index is 0.114. The summed E-state index contributed by atoms with van der Waals surface area (Å²) in [5, 5.41) is 2.52. The summed E-state index contributed by atoms with van der Waals surface area (Å²) in [6, 6.07) is 17.2. The van der Waals surface area contributed by atoms with Gasteiger partial charge in [0.1, 0.15) is 15.9 Å². The lowest BCUT2D eigenvalue weighted by Gasteiger charge is -2.19. The number of fused-ring (bicyclic) bond motifs is 2. The van der Waals surface area contributed by atoms with E-state index >= 15 is 0 Å². The summed E-state index contributed by atoms with van der Waals surface area (Å²) in [7, 11) is 0. The fourth-order valence-electron chi connectivity index (χ4n) is 5.22. The molecule has 6 rings (SSSR count). The van der Waals surface area contributed by atoms with Crippen LogP contribution in [0.1, 0.15) is 38.6 Å². The Morgan fingerprint density at radius 1 is 0.946 bits per heavy atom. The van der Waals surface area contributed by atoms with Crippen molar-refractivity contribution in [2.75, 3.05) is 11.4 Å². The van der Waals surface area contributed by atoms with Crippen molar-refractivity contribution >= 4 is 62.5 Å². The SMILES string of the molecule is CCN1/C(=C2\C=C(C=c3sc(=Cc4sc5ccccc5[n+]4CC)n(CC)c3=O)CC2)Sc2ccccc21. The second-order valence-electron chi connectivity index (χ2n) is 9.16. The summed E-state index contributed by atoms with van der Waals surface area (Å²) in [6.45, 7) is 8.97. The molecular formula is C30H30N3OS3+. The molecule has 0 N–H and O–H groups in total. The molecule has 0 saturated carbocycles. The Morgan fingerprint density at radius 3 is 2.57 bits per heavy atom. The second-order valence-corrected chi connectivity index (χ2v) is 12.3. The second kappa shape index (κ2) is 10.1. The molecule has 0 atom stereocenters. The molecule has 0 radical (unpaired) electrons. The number of hydrogen-bond acceptors (Lipinski definition) is 5. The Bertz CT molecular complexity index is 1750. The number of allylic oxidation sites excluding steroid dienone is 3. The van der Waals surface area contributed by atoms with Gasteiger partial charge in [0, 0.05) is 24.1 Å². The van der Waals surface area contributed by atoms with Gasteiger partial charge < -0.3 is 4.90 Å². The van der Waals surface area contributed by atoms with Gasteiger partial charge in [0.2, 0.25) is 5.52 Å². The van der Waals surface area contributed by atoms with Crippen molar-refractivity contribution in [3.63, 3.8) is 0 Å². The van der Waals surface area contributed by atoms with Crippen LogP contribution in [0.5, 0.6) is 0 Å². The lowest BCUT2D eigenvalue weighted by molar-refractivity contribution is -0.665. The van der Waals surface area contributed by atoms with Crippen LogP contribution in [0.2, 0.25) is 0 Å². The maximum atomic E-state index is 13.4. The fraction of sp³-hybridized carbons (Fsp3) is 0.267. The van der Waals surface area contributed by atoms with Gasteiger partial charge >= 0.3 is 0 Å². The number of anilines is 1. The largest absolute Gasteiger partial charge is 0.335 e. The highest BCUT2D eigenvalue weighted by molar-refractivity contribution is 8.03. The van der Waals surface area contributed by atoms with Crippen molar-refractivity contribution in [3.05, 3.63) is 95.3 Å². The topological polar surface area (TPSA) is 29.1 Å². The molecule has 4 nitrogen and oxygen atoms in total. The van der Waals surface area contributed by atoms with E-state index in [1.54, 1.807) is 22.7 Å². The third kappa shape index (κ3) is 4.33. The smallest absolute Gasteiger partial charge is 0.269 e. The van der Waals surface area contributed by atoms with E-state index in [9.17, 15) is 4.79 Å². The van der Waals surface area contributed by atoms with E-state index in [1.165, 1.54) is 42.0 Å². The molecule has 1 aliphatic carbocycles. The molecule has 0 saturated heterocycles. The average molecular weight is 545 g/mol. The molecule has 2 aromatic heterocycles. The number of hydrogen-bond donors (Lipinski definition) is 0. The third-order valence-corrected chi connectivity index (χ3v) is 10.4. The molecule has 2 aliphatic rings. The standard InChI is InChI=1S/C30H30N3OS3/c1-4-31-22-11-7-9-13-24(22)35-27(31)19-28-33(6-3)29(34)26(36-28)18-20-15-16-21(17-20)30-32(5-2)23-12-8-10-14-25(23)37-30/h7-14,17-19H,4-6,15-16H2,1-3H3/q+1/b26-18?,30-21+. The first-order valence-corrected chi connectivity index (χ1v) is 15.4. The average Bonchev–Trinajstić information content (AvgIpc) is 3.67. The van der Waals surface area contributed by atoms with Gasteiger partial charge in [-0.3, -0.25) is 9.36 Å². The number of rotatable bonds is 5. The maximum Gasteiger partial charge on any atom is 0.269 e. The lowest BCUT2D eigenvalue weighted by Crippen LogP contribution is -2.35. The van der Waals surface area contributed by atoms with E-state index in [-0.39, 0.29) is 5.56 Å². The van der Waals surface area contributed by atoms with Crippen molar-refractivity contribution in [1.82, 2.24) is 4.57 Å². The molecule has 1 aliphatic heterocycles. The summed E-state index contributed by atoms with van der Waals surface area (Å²) in [6.07, 6.45) is 8.63. The van der Waals surface area contributed by atoms with Gasteiger partial charge in [-0.05, 0) is 69.0 Å². The predicted molar refractivity (Wildman–Crippen MR) is 159 cm³/mol. The summed E-state index contributed by atoms with van der Waals surface area (Å²) in [4.78, 5) is 17.1. The van der Waals surface area contributed by atoms with E-state index in [0.29, 0.717) is 6.54 Å². The Balaban J connectivity index is 1.41. The van der Waals surface area contributed by atoms with Crippen LogP contribution in [-0.4, -0.2) is 11.1 Å². The third-order valence-electron chi connectivity index (χ3n) is 7.01. The molecule has 4 aromatic rings. The van der Waals surface area contributed by atoms with Crippen molar-refractivity contribution < 1.29 is 4.57 Å². The van der Waals surface area contributed by atoms with Gasteiger partial charge in [0.25, 0.3) is 10.6 Å². The number of aromatic nitrogens is 2. The molecule has 0 amide bonds. The Morgan fingerprint density at radius 2 is 1.76 bits per heavy atom. The van der Waals surface area contributed by atoms with Gasteiger partial charge in [-0.2, -0.15) is 4.57 Å². The molecule has 0 spiro atoms. The minimum atomic E-state index is 0.114. The maximum absolute atomic E-state index is 13.4. The first-order chi connectivity index (χ1) is 18.1. The van der Waals surface area contributed by atoms with Crippen molar-refractivity contribution in [1.29, 1.82) is 0 Å². The quantitative estimate of drug-likeness (QED) is 0.305. The Kier molecular flexibility index (Phi) is 6.69. The highest BCUT2D eigenvalue weighted by atomic mass is 32.2. The summed E-state index contributed by atoms with van der Waals surface area (Å²) in [5.41, 5.74) is 5.29. The van der Waals surface area contributed by atoms with Crippen LogP contribution in [-0.2, 0) is 13.1 Å². The van der Waals surface area contributed by atoms with Crippen LogP contribution in [0, 0.1) is 0 Å². The number of aryl methyl sites for hydroxylation is 1.